The summed E-state index contributed by atoms with van der Waals surface area (Å²) in [5.74, 6) is 2.51. The van der Waals surface area contributed by atoms with Gasteiger partial charge < -0.3 is 4.74 Å². The average molecular weight is 367 g/mol. The molecule has 28 heavy (non-hydrogen) atoms. The summed E-state index contributed by atoms with van der Waals surface area (Å²) in [5.41, 5.74) is 6.86. The number of hydrogen-bond acceptors (Lipinski definition) is 1. The summed E-state index contributed by atoms with van der Waals surface area (Å²) >= 11 is 0. The summed E-state index contributed by atoms with van der Waals surface area (Å²) in [6.45, 7) is 4.19. The Bertz CT molecular complexity index is 1010. The van der Waals surface area contributed by atoms with Crippen LogP contribution in [0.1, 0.15) is 11.1 Å². The normalized spacial score (nSPS) is 10.7. The maximum Gasteiger partial charge on any atom is 0.361 e. The fraction of sp³-hybridized carbons (Fsp3) is 0.115. The molecule has 0 N–H and O–H groups in total. The van der Waals surface area contributed by atoms with E-state index in [1.165, 1.54) is 16.7 Å². The molecule has 0 unspecified atom stereocenters. The van der Waals surface area contributed by atoms with E-state index in [-0.39, 0.29) is 0 Å². The van der Waals surface area contributed by atoms with Crippen molar-refractivity contribution < 1.29 is 9.15 Å². The van der Waals surface area contributed by atoms with Crippen LogP contribution in [0, 0.1) is 13.8 Å². The van der Waals surface area contributed by atoms with Gasteiger partial charge in [-0.25, -0.2) is 4.42 Å². The minimum absolute atomic E-state index is 0.830. The van der Waals surface area contributed by atoms with E-state index in [9.17, 15) is 0 Å². The first-order chi connectivity index (χ1) is 13.6. The molecule has 4 aromatic rings. The van der Waals surface area contributed by atoms with Crippen molar-refractivity contribution in [2.75, 3.05) is 7.11 Å². The van der Waals surface area contributed by atoms with Gasteiger partial charge in [0.2, 0.25) is 0 Å². The van der Waals surface area contributed by atoms with E-state index in [0.717, 1.165) is 34.0 Å². The van der Waals surface area contributed by atoms with E-state index in [0.29, 0.717) is 0 Å². The molecule has 2 nitrogen and oxygen atoms in total. The third-order valence-corrected chi connectivity index (χ3v) is 4.89. The number of benzene rings is 3. The Morgan fingerprint density at radius 1 is 0.536 bits per heavy atom. The first-order valence-electron chi connectivity index (χ1n) is 9.39. The van der Waals surface area contributed by atoms with Crippen molar-refractivity contribution in [3.8, 4) is 39.5 Å². The second-order valence-electron chi connectivity index (χ2n) is 7.04. The van der Waals surface area contributed by atoms with Crippen LogP contribution in [0.15, 0.2) is 89.3 Å². The average Bonchev–Trinajstić information content (AvgIpc) is 2.74. The summed E-state index contributed by atoms with van der Waals surface area (Å²) in [6, 6.07) is 29.2. The minimum Gasteiger partial charge on any atom is -0.497 e. The maximum atomic E-state index is 6.31. The molecule has 0 aliphatic carbocycles. The molecular formula is C26H23O2+. The van der Waals surface area contributed by atoms with Crippen LogP contribution in [-0.4, -0.2) is 7.11 Å². The Kier molecular flexibility index (Phi) is 4.94. The number of ether oxygens (including phenoxy) is 1. The summed E-state index contributed by atoms with van der Waals surface area (Å²) in [7, 11) is 1.67. The zero-order valence-electron chi connectivity index (χ0n) is 16.4. The van der Waals surface area contributed by atoms with Gasteiger partial charge in [0.05, 0.1) is 30.4 Å². The van der Waals surface area contributed by atoms with E-state index in [4.69, 9.17) is 9.15 Å². The van der Waals surface area contributed by atoms with Crippen molar-refractivity contribution in [2.45, 2.75) is 13.8 Å². The van der Waals surface area contributed by atoms with E-state index in [1.54, 1.807) is 7.11 Å². The molecule has 0 fully saturated rings. The fourth-order valence-corrected chi connectivity index (χ4v) is 3.17. The van der Waals surface area contributed by atoms with Gasteiger partial charge in [0, 0.05) is 5.56 Å². The van der Waals surface area contributed by atoms with Crippen LogP contribution in [0.4, 0.5) is 0 Å². The van der Waals surface area contributed by atoms with Crippen molar-refractivity contribution >= 4 is 0 Å². The Morgan fingerprint density at radius 3 is 1.43 bits per heavy atom. The van der Waals surface area contributed by atoms with Gasteiger partial charge in [-0.1, -0.05) is 47.5 Å². The lowest BCUT2D eigenvalue weighted by Gasteiger charge is -2.04. The molecule has 0 bridgehead atoms. The van der Waals surface area contributed by atoms with Gasteiger partial charge in [-0.05, 0) is 55.8 Å². The van der Waals surface area contributed by atoms with Crippen LogP contribution < -0.4 is 4.74 Å². The lowest BCUT2D eigenvalue weighted by atomic mass is 10.0. The summed E-state index contributed by atoms with van der Waals surface area (Å²) in [4.78, 5) is 0. The molecule has 0 aliphatic rings. The largest absolute Gasteiger partial charge is 0.497 e. The van der Waals surface area contributed by atoms with E-state index >= 15 is 0 Å². The first kappa shape index (κ1) is 18.0. The number of rotatable bonds is 4. The third-order valence-electron chi connectivity index (χ3n) is 4.89. The second-order valence-corrected chi connectivity index (χ2v) is 7.04. The van der Waals surface area contributed by atoms with Gasteiger partial charge >= 0.3 is 11.5 Å². The Morgan fingerprint density at radius 2 is 0.964 bits per heavy atom. The standard InChI is InChI=1S/C26H23O2/c1-18-4-8-20(9-5-18)23-16-25(21-10-6-19(2)7-11-21)28-26(17-23)22-12-14-24(27-3)15-13-22/h4-17H,1-3H3/q+1. The predicted molar refractivity (Wildman–Crippen MR) is 115 cm³/mol. The van der Waals surface area contributed by atoms with Gasteiger partial charge in [-0.15, -0.1) is 0 Å². The minimum atomic E-state index is 0.830. The molecule has 0 radical (unpaired) electrons. The molecule has 2 heteroatoms. The highest BCUT2D eigenvalue weighted by Gasteiger charge is 2.20. The van der Waals surface area contributed by atoms with Gasteiger partial charge in [-0.3, -0.25) is 0 Å². The summed E-state index contributed by atoms with van der Waals surface area (Å²) in [6.07, 6.45) is 0. The van der Waals surface area contributed by atoms with Crippen molar-refractivity contribution in [1.82, 2.24) is 0 Å². The number of aryl methyl sites for hydroxylation is 2. The van der Waals surface area contributed by atoms with Gasteiger partial charge in [-0.2, -0.15) is 0 Å². The molecule has 3 aromatic carbocycles. The lowest BCUT2D eigenvalue weighted by Crippen LogP contribution is -1.87. The predicted octanol–water partition coefficient (Wildman–Crippen LogP) is 7.19. The Balaban J connectivity index is 1.86. The molecule has 0 amide bonds. The highest BCUT2D eigenvalue weighted by molar-refractivity contribution is 5.74. The van der Waals surface area contributed by atoms with Crippen molar-refractivity contribution in [3.63, 3.8) is 0 Å². The Labute approximate surface area is 166 Å². The van der Waals surface area contributed by atoms with Crippen LogP contribution >= 0.6 is 0 Å². The van der Waals surface area contributed by atoms with Crippen LogP contribution in [0.5, 0.6) is 5.75 Å². The fourth-order valence-electron chi connectivity index (χ4n) is 3.17. The molecule has 0 saturated carbocycles. The van der Waals surface area contributed by atoms with Crippen molar-refractivity contribution in [1.29, 1.82) is 0 Å². The molecule has 0 aliphatic heterocycles. The molecule has 1 heterocycles. The highest BCUT2D eigenvalue weighted by atomic mass is 16.5. The molecule has 0 spiro atoms. The van der Waals surface area contributed by atoms with Gasteiger partial charge in [0.1, 0.15) is 5.75 Å². The third kappa shape index (κ3) is 3.81. The van der Waals surface area contributed by atoms with Crippen molar-refractivity contribution in [2.24, 2.45) is 0 Å². The van der Waals surface area contributed by atoms with E-state index in [2.05, 4.69) is 74.5 Å². The van der Waals surface area contributed by atoms with Gasteiger partial charge in [0.15, 0.2) is 0 Å². The zero-order valence-corrected chi connectivity index (χ0v) is 16.4. The second kappa shape index (κ2) is 7.69. The highest BCUT2D eigenvalue weighted by Crippen LogP contribution is 2.33. The SMILES string of the molecule is COc1ccc(-c2cc(-c3ccc(C)cc3)cc(-c3ccc(C)cc3)[o+]2)cc1. The first-order valence-corrected chi connectivity index (χ1v) is 9.39. The molecule has 0 saturated heterocycles. The lowest BCUT2D eigenvalue weighted by molar-refractivity contribution is 0.415. The van der Waals surface area contributed by atoms with Crippen molar-refractivity contribution in [3.05, 3.63) is 96.1 Å². The molecule has 0 atom stereocenters. The maximum absolute atomic E-state index is 6.31. The number of hydrogen-bond donors (Lipinski definition) is 0. The summed E-state index contributed by atoms with van der Waals surface area (Å²) in [5, 5.41) is 0. The smallest absolute Gasteiger partial charge is 0.361 e. The van der Waals surface area contributed by atoms with E-state index in [1.807, 2.05) is 24.3 Å². The summed E-state index contributed by atoms with van der Waals surface area (Å²) < 4.78 is 11.6. The van der Waals surface area contributed by atoms with E-state index < -0.39 is 0 Å². The molecule has 1 aromatic heterocycles. The quantitative estimate of drug-likeness (QED) is 0.356. The molecule has 138 valence electrons. The monoisotopic (exact) mass is 367 g/mol. The van der Waals surface area contributed by atoms with Crippen LogP contribution in [0.3, 0.4) is 0 Å². The zero-order chi connectivity index (χ0) is 19.5. The molecule has 4 rings (SSSR count). The Hall–Kier alpha value is -3.39. The van der Waals surface area contributed by atoms with Crippen LogP contribution in [-0.2, 0) is 0 Å². The van der Waals surface area contributed by atoms with Gasteiger partial charge in [0.25, 0.3) is 0 Å². The number of methoxy groups -OCH3 is 1. The topological polar surface area (TPSA) is 20.5 Å². The van der Waals surface area contributed by atoms with Crippen LogP contribution in [0.2, 0.25) is 0 Å². The van der Waals surface area contributed by atoms with Crippen LogP contribution in [0.25, 0.3) is 33.8 Å². The molecular weight excluding hydrogens is 344 g/mol.